The van der Waals surface area contributed by atoms with Gasteiger partial charge in [-0.2, -0.15) is 4.98 Å². The highest BCUT2D eigenvalue weighted by Crippen LogP contribution is 2.13. The molecule has 0 spiro atoms. The highest BCUT2D eigenvalue weighted by Gasteiger charge is 2.21. The van der Waals surface area contributed by atoms with Crippen molar-refractivity contribution in [3.63, 3.8) is 0 Å². The second-order valence-electron chi connectivity index (χ2n) is 4.03. The molecule has 0 bridgehead atoms. The number of amides is 1. The molecule has 16 heavy (non-hydrogen) atoms. The lowest BCUT2D eigenvalue weighted by atomic mass is 10.2. The second-order valence-corrected chi connectivity index (χ2v) is 4.03. The number of hydrogen-bond acceptors (Lipinski definition) is 5. The van der Waals surface area contributed by atoms with E-state index < -0.39 is 0 Å². The van der Waals surface area contributed by atoms with E-state index in [9.17, 15) is 4.79 Å². The van der Waals surface area contributed by atoms with Crippen LogP contribution in [0.5, 0.6) is 0 Å². The standard InChI is InChI=1S/C9H16N6O/c1-15-4-2-3-6(15)5-11-8(16)7-12-9(10)14-13-7/h6H,2-5H2,1H3,(H,11,16)(H3,10,12,13,14). The van der Waals surface area contributed by atoms with Crippen LogP contribution in [0.3, 0.4) is 0 Å². The fourth-order valence-corrected chi connectivity index (χ4v) is 1.91. The molecule has 0 radical (unpaired) electrons. The number of likely N-dealkylation sites (N-methyl/N-ethyl adjacent to an activating group) is 1. The molecule has 1 aromatic heterocycles. The maximum atomic E-state index is 11.6. The van der Waals surface area contributed by atoms with E-state index in [2.05, 4.69) is 32.4 Å². The summed E-state index contributed by atoms with van der Waals surface area (Å²) in [5, 5.41) is 8.90. The van der Waals surface area contributed by atoms with E-state index in [1.54, 1.807) is 0 Å². The number of nitrogens with one attached hydrogen (secondary N) is 2. The molecule has 1 aliphatic rings. The third kappa shape index (κ3) is 2.30. The first-order valence-corrected chi connectivity index (χ1v) is 5.33. The zero-order chi connectivity index (χ0) is 11.5. The number of carbonyl (C=O) groups is 1. The van der Waals surface area contributed by atoms with E-state index >= 15 is 0 Å². The zero-order valence-electron chi connectivity index (χ0n) is 9.23. The number of nitrogens with zero attached hydrogens (tertiary/aromatic N) is 3. The fraction of sp³-hybridized carbons (Fsp3) is 0.667. The zero-order valence-corrected chi connectivity index (χ0v) is 9.23. The largest absolute Gasteiger partial charge is 0.366 e. The quantitative estimate of drug-likeness (QED) is 0.625. The molecule has 2 heterocycles. The van der Waals surface area contributed by atoms with Gasteiger partial charge in [0.25, 0.3) is 5.91 Å². The number of aromatic amines is 1. The van der Waals surface area contributed by atoms with Crippen LogP contribution >= 0.6 is 0 Å². The Morgan fingerprint density at radius 2 is 2.56 bits per heavy atom. The monoisotopic (exact) mass is 224 g/mol. The molecule has 1 aromatic rings. The average molecular weight is 224 g/mol. The van der Waals surface area contributed by atoms with Crippen LogP contribution in [0.2, 0.25) is 0 Å². The molecular weight excluding hydrogens is 208 g/mol. The highest BCUT2D eigenvalue weighted by atomic mass is 16.2. The van der Waals surface area contributed by atoms with E-state index in [1.165, 1.54) is 6.42 Å². The predicted octanol–water partition coefficient (Wildman–Crippen LogP) is -0.789. The molecule has 1 unspecified atom stereocenters. The summed E-state index contributed by atoms with van der Waals surface area (Å²) in [5.41, 5.74) is 5.32. The molecule has 1 fully saturated rings. The minimum absolute atomic E-state index is 0.0862. The van der Waals surface area contributed by atoms with Crippen molar-refractivity contribution in [3.05, 3.63) is 5.82 Å². The number of aromatic nitrogens is 3. The van der Waals surface area contributed by atoms with Gasteiger partial charge in [0.05, 0.1) is 0 Å². The van der Waals surface area contributed by atoms with Crippen LogP contribution in [-0.2, 0) is 0 Å². The number of H-pyrrole nitrogens is 1. The summed E-state index contributed by atoms with van der Waals surface area (Å²) >= 11 is 0. The molecule has 1 saturated heterocycles. The molecule has 0 saturated carbocycles. The fourth-order valence-electron chi connectivity index (χ4n) is 1.91. The van der Waals surface area contributed by atoms with E-state index in [1.807, 2.05) is 0 Å². The first-order valence-electron chi connectivity index (χ1n) is 5.33. The van der Waals surface area contributed by atoms with Gasteiger partial charge in [0, 0.05) is 12.6 Å². The lowest BCUT2D eigenvalue weighted by Crippen LogP contribution is -2.38. The summed E-state index contributed by atoms with van der Waals surface area (Å²) in [5.74, 6) is -0.00853. The number of likely N-dealkylation sites (tertiary alicyclic amines) is 1. The first-order chi connectivity index (χ1) is 7.66. The minimum atomic E-state index is -0.260. The lowest BCUT2D eigenvalue weighted by Gasteiger charge is -2.19. The van der Waals surface area contributed by atoms with Crippen LogP contribution < -0.4 is 11.1 Å². The van der Waals surface area contributed by atoms with Gasteiger partial charge in [-0.25, -0.2) is 0 Å². The van der Waals surface area contributed by atoms with E-state index in [0.29, 0.717) is 12.6 Å². The first kappa shape index (κ1) is 10.9. The van der Waals surface area contributed by atoms with E-state index in [-0.39, 0.29) is 17.7 Å². The summed E-state index contributed by atoms with van der Waals surface area (Å²) in [6.07, 6.45) is 2.31. The van der Waals surface area contributed by atoms with Gasteiger partial charge >= 0.3 is 0 Å². The second kappa shape index (κ2) is 4.48. The van der Waals surface area contributed by atoms with Crippen molar-refractivity contribution in [1.29, 1.82) is 0 Å². The van der Waals surface area contributed by atoms with Gasteiger partial charge < -0.3 is 16.0 Å². The van der Waals surface area contributed by atoms with Gasteiger partial charge in [0.1, 0.15) is 0 Å². The van der Waals surface area contributed by atoms with Gasteiger partial charge in [-0.15, -0.1) is 5.10 Å². The lowest BCUT2D eigenvalue weighted by molar-refractivity contribution is 0.0933. The summed E-state index contributed by atoms with van der Waals surface area (Å²) in [4.78, 5) is 17.6. The molecule has 4 N–H and O–H groups in total. The van der Waals surface area contributed by atoms with Crippen molar-refractivity contribution in [3.8, 4) is 0 Å². The number of anilines is 1. The van der Waals surface area contributed by atoms with Gasteiger partial charge in [0.2, 0.25) is 11.8 Å². The number of hydrogen-bond donors (Lipinski definition) is 3. The summed E-state index contributed by atoms with van der Waals surface area (Å²) < 4.78 is 0. The topological polar surface area (TPSA) is 99.9 Å². The van der Waals surface area contributed by atoms with Crippen LogP contribution in [0.1, 0.15) is 23.5 Å². The number of nitrogens with two attached hydrogens (primary N) is 1. The van der Waals surface area contributed by atoms with Crippen molar-refractivity contribution < 1.29 is 4.79 Å². The number of carbonyl (C=O) groups excluding carboxylic acids is 1. The molecular formula is C9H16N6O. The van der Waals surface area contributed by atoms with Crippen molar-refractivity contribution in [2.45, 2.75) is 18.9 Å². The summed E-state index contributed by atoms with van der Waals surface area (Å²) in [6.45, 7) is 1.73. The minimum Gasteiger partial charge on any atom is -0.366 e. The molecule has 1 atom stereocenters. The van der Waals surface area contributed by atoms with Crippen LogP contribution in [0.25, 0.3) is 0 Å². The maximum absolute atomic E-state index is 11.6. The van der Waals surface area contributed by atoms with Gasteiger partial charge in [-0.3, -0.25) is 9.89 Å². The molecule has 88 valence electrons. The van der Waals surface area contributed by atoms with Crippen molar-refractivity contribution >= 4 is 11.9 Å². The maximum Gasteiger partial charge on any atom is 0.288 e. The Morgan fingerprint density at radius 3 is 3.12 bits per heavy atom. The number of rotatable bonds is 3. The van der Waals surface area contributed by atoms with E-state index in [4.69, 9.17) is 5.73 Å². The normalized spacial score (nSPS) is 21.2. The van der Waals surface area contributed by atoms with Crippen LogP contribution in [0.15, 0.2) is 0 Å². The third-order valence-electron chi connectivity index (χ3n) is 2.89. The molecule has 2 rings (SSSR count). The Bertz CT molecular complexity index is 376. The van der Waals surface area contributed by atoms with Crippen molar-refractivity contribution in [2.24, 2.45) is 0 Å². The smallest absolute Gasteiger partial charge is 0.288 e. The van der Waals surface area contributed by atoms with Gasteiger partial charge in [0.15, 0.2) is 0 Å². The molecule has 7 heteroatoms. The van der Waals surface area contributed by atoms with E-state index in [0.717, 1.165) is 13.0 Å². The highest BCUT2D eigenvalue weighted by molar-refractivity contribution is 5.90. The van der Waals surface area contributed by atoms with Gasteiger partial charge in [-0.05, 0) is 26.4 Å². The molecule has 0 aromatic carbocycles. The third-order valence-corrected chi connectivity index (χ3v) is 2.89. The number of nitrogen functional groups attached to an aromatic ring is 1. The Kier molecular flexibility index (Phi) is 3.04. The van der Waals surface area contributed by atoms with Crippen LogP contribution in [0.4, 0.5) is 5.95 Å². The average Bonchev–Trinajstić information content (AvgIpc) is 2.84. The molecule has 1 amide bonds. The Hall–Kier alpha value is -1.63. The SMILES string of the molecule is CN1CCCC1CNC(=O)c1nc(N)n[nH]1. The van der Waals surface area contributed by atoms with Crippen molar-refractivity contribution in [1.82, 2.24) is 25.4 Å². The Morgan fingerprint density at radius 1 is 1.75 bits per heavy atom. The Balaban J connectivity index is 1.84. The van der Waals surface area contributed by atoms with Gasteiger partial charge in [-0.1, -0.05) is 0 Å². The Labute approximate surface area is 93.4 Å². The molecule has 1 aliphatic heterocycles. The summed E-state index contributed by atoms with van der Waals surface area (Å²) in [7, 11) is 2.07. The molecule has 7 nitrogen and oxygen atoms in total. The molecule has 0 aliphatic carbocycles. The predicted molar refractivity (Wildman–Crippen MR) is 58.8 cm³/mol. The summed E-state index contributed by atoms with van der Waals surface area (Å²) in [6, 6.07) is 0.421. The van der Waals surface area contributed by atoms with Crippen LogP contribution in [-0.4, -0.2) is 52.2 Å². The van der Waals surface area contributed by atoms with Crippen LogP contribution in [0, 0.1) is 0 Å². The van der Waals surface area contributed by atoms with Crippen molar-refractivity contribution in [2.75, 3.05) is 25.9 Å².